The zero-order valence-electron chi connectivity index (χ0n) is 5.52. The summed E-state index contributed by atoms with van der Waals surface area (Å²) >= 11 is 0. The van der Waals surface area contributed by atoms with Crippen molar-refractivity contribution in [1.82, 2.24) is 5.32 Å². The zero-order valence-corrected chi connectivity index (χ0v) is 6.41. The minimum atomic E-state index is -0.652. The van der Waals surface area contributed by atoms with E-state index < -0.39 is 8.15 Å². The molecule has 0 bridgehead atoms. The van der Waals surface area contributed by atoms with Crippen molar-refractivity contribution in [3.8, 4) is 0 Å². The second-order valence-corrected chi connectivity index (χ2v) is 3.60. The van der Waals surface area contributed by atoms with Crippen LogP contribution in [-0.2, 0) is 0 Å². The van der Waals surface area contributed by atoms with Gasteiger partial charge in [0.1, 0.15) is 0 Å². The second-order valence-electron chi connectivity index (χ2n) is 1.84. The van der Waals surface area contributed by atoms with Crippen LogP contribution >= 0.6 is 8.15 Å². The summed E-state index contributed by atoms with van der Waals surface area (Å²) in [7, 11) is 1.27. The average molecular weight is 135 g/mol. The first kappa shape index (κ1) is 8.35. The average Bonchev–Trinajstić information content (AvgIpc) is 1.66. The fourth-order valence-corrected chi connectivity index (χ4v) is 1.10. The van der Waals surface area contributed by atoms with Gasteiger partial charge in [-0.25, -0.2) is 0 Å². The van der Waals surface area contributed by atoms with Gasteiger partial charge in [0.2, 0.25) is 0 Å². The second kappa shape index (κ2) is 5.49. The summed E-state index contributed by atoms with van der Waals surface area (Å²) < 4.78 is 0. The summed E-state index contributed by atoms with van der Waals surface area (Å²) in [5.41, 5.74) is 0. The Morgan fingerprint density at radius 3 is 2.62 bits per heavy atom. The van der Waals surface area contributed by atoms with E-state index in [9.17, 15) is 0 Å². The highest BCUT2D eigenvalue weighted by molar-refractivity contribution is 7.50. The van der Waals surface area contributed by atoms with Crippen LogP contribution in [0, 0.1) is 0 Å². The first-order valence-electron chi connectivity index (χ1n) is 2.82. The van der Waals surface area contributed by atoms with E-state index in [2.05, 4.69) is 5.32 Å². The van der Waals surface area contributed by atoms with Gasteiger partial charge >= 0.3 is 0 Å². The van der Waals surface area contributed by atoms with Crippen LogP contribution in [0.4, 0.5) is 0 Å². The lowest BCUT2D eigenvalue weighted by Gasteiger charge is -2.01. The fourth-order valence-electron chi connectivity index (χ4n) is 0.485. The van der Waals surface area contributed by atoms with Crippen molar-refractivity contribution in [1.29, 1.82) is 0 Å². The number of rotatable bonds is 4. The zero-order chi connectivity index (χ0) is 6.41. The molecule has 0 saturated carbocycles. The van der Waals surface area contributed by atoms with Crippen LogP contribution in [0.2, 0.25) is 0 Å². The van der Waals surface area contributed by atoms with Crippen molar-refractivity contribution in [3.63, 3.8) is 0 Å². The summed E-state index contributed by atoms with van der Waals surface area (Å²) in [6, 6.07) is 0. The largest absolute Gasteiger partial charge is 0.374 e. The molecule has 1 atom stereocenters. The molecular weight excluding hydrogens is 121 g/mol. The van der Waals surface area contributed by atoms with E-state index in [4.69, 9.17) is 4.89 Å². The van der Waals surface area contributed by atoms with Gasteiger partial charge in [0.15, 0.2) is 0 Å². The maximum Gasteiger partial charge on any atom is 0.0220 e. The van der Waals surface area contributed by atoms with Crippen LogP contribution in [0.25, 0.3) is 0 Å². The summed E-state index contributed by atoms with van der Waals surface area (Å²) in [4.78, 5) is 8.82. The fraction of sp³-hybridized carbons (Fsp3) is 1.00. The third-order valence-electron chi connectivity index (χ3n) is 0.908. The van der Waals surface area contributed by atoms with E-state index in [1.807, 2.05) is 13.7 Å². The van der Waals surface area contributed by atoms with Crippen molar-refractivity contribution in [3.05, 3.63) is 0 Å². The first-order chi connectivity index (χ1) is 3.77. The highest BCUT2D eigenvalue weighted by Crippen LogP contribution is 2.23. The van der Waals surface area contributed by atoms with E-state index >= 15 is 0 Å². The molecule has 0 fully saturated rings. The maximum atomic E-state index is 8.82. The van der Waals surface area contributed by atoms with Gasteiger partial charge in [-0.2, -0.15) is 0 Å². The van der Waals surface area contributed by atoms with Gasteiger partial charge in [-0.3, -0.25) is 0 Å². The minimum absolute atomic E-state index is 0.652. The molecule has 1 unspecified atom stereocenters. The Balaban J connectivity index is 2.72. The molecule has 8 heavy (non-hydrogen) atoms. The molecule has 0 rings (SSSR count). The Morgan fingerprint density at radius 1 is 1.62 bits per heavy atom. The van der Waals surface area contributed by atoms with Gasteiger partial charge in [0.25, 0.3) is 0 Å². The van der Waals surface area contributed by atoms with E-state index in [-0.39, 0.29) is 0 Å². The highest BCUT2D eigenvalue weighted by Gasteiger charge is 1.91. The monoisotopic (exact) mass is 135 g/mol. The standard InChI is InChI=1S/C5H14NOP/c1-6-4-3-5-8(2)7/h6-7H,3-5H2,1-2H3. The van der Waals surface area contributed by atoms with Gasteiger partial charge in [-0.15, -0.1) is 0 Å². The predicted molar refractivity (Wildman–Crippen MR) is 38.5 cm³/mol. The molecule has 0 aliphatic rings. The van der Waals surface area contributed by atoms with E-state index in [1.165, 1.54) is 0 Å². The minimum Gasteiger partial charge on any atom is -0.374 e. The summed E-state index contributed by atoms with van der Waals surface area (Å²) in [6.45, 7) is 2.90. The number of hydrogen-bond donors (Lipinski definition) is 2. The smallest absolute Gasteiger partial charge is 0.0220 e. The number of nitrogens with one attached hydrogen (secondary N) is 1. The van der Waals surface area contributed by atoms with Crippen molar-refractivity contribution in [2.24, 2.45) is 0 Å². The van der Waals surface area contributed by atoms with Crippen molar-refractivity contribution in [2.45, 2.75) is 6.42 Å². The Kier molecular flexibility index (Phi) is 5.73. The Bertz CT molecular complexity index is 49.7. The molecule has 0 aliphatic heterocycles. The Hall–Kier alpha value is 0.350. The van der Waals surface area contributed by atoms with Gasteiger partial charge in [-0.05, 0) is 32.8 Å². The quantitative estimate of drug-likeness (QED) is 0.437. The van der Waals surface area contributed by atoms with Crippen LogP contribution in [0.15, 0.2) is 0 Å². The molecule has 0 spiro atoms. The Morgan fingerprint density at radius 2 is 2.25 bits per heavy atom. The third kappa shape index (κ3) is 6.35. The topological polar surface area (TPSA) is 32.3 Å². The van der Waals surface area contributed by atoms with Gasteiger partial charge in [-0.1, -0.05) is 0 Å². The van der Waals surface area contributed by atoms with Crippen LogP contribution in [0.5, 0.6) is 0 Å². The summed E-state index contributed by atoms with van der Waals surface area (Å²) in [5.74, 6) is 0. The molecular formula is C5H14NOP. The maximum absolute atomic E-state index is 8.82. The molecule has 2 N–H and O–H groups in total. The molecule has 2 nitrogen and oxygen atoms in total. The summed E-state index contributed by atoms with van der Waals surface area (Å²) in [5, 5.41) is 3.02. The van der Waals surface area contributed by atoms with E-state index in [0.29, 0.717) is 0 Å². The first-order valence-corrected chi connectivity index (χ1v) is 4.74. The number of hydrogen-bond acceptors (Lipinski definition) is 2. The van der Waals surface area contributed by atoms with Crippen molar-refractivity contribution < 1.29 is 4.89 Å². The molecule has 0 aromatic heterocycles. The normalized spacial score (nSPS) is 13.9. The molecule has 0 amide bonds. The lowest BCUT2D eigenvalue weighted by molar-refractivity contribution is 0.623. The van der Waals surface area contributed by atoms with Gasteiger partial charge in [0, 0.05) is 8.15 Å². The third-order valence-corrected chi connectivity index (χ3v) is 1.87. The molecule has 0 heterocycles. The SMILES string of the molecule is CNCCCP(C)O. The molecule has 0 aliphatic carbocycles. The van der Waals surface area contributed by atoms with Crippen LogP contribution in [0.1, 0.15) is 6.42 Å². The van der Waals surface area contributed by atoms with Crippen LogP contribution in [-0.4, -0.2) is 31.3 Å². The van der Waals surface area contributed by atoms with E-state index in [0.717, 1.165) is 19.1 Å². The van der Waals surface area contributed by atoms with Crippen molar-refractivity contribution >= 4 is 8.15 Å². The van der Waals surface area contributed by atoms with Crippen LogP contribution in [0.3, 0.4) is 0 Å². The molecule has 0 radical (unpaired) electrons. The van der Waals surface area contributed by atoms with E-state index in [1.54, 1.807) is 0 Å². The van der Waals surface area contributed by atoms with Gasteiger partial charge in [0.05, 0.1) is 0 Å². The van der Waals surface area contributed by atoms with Crippen molar-refractivity contribution in [2.75, 3.05) is 26.4 Å². The highest BCUT2D eigenvalue weighted by atomic mass is 31.1. The lowest BCUT2D eigenvalue weighted by Crippen LogP contribution is -2.08. The Labute approximate surface area is 52.1 Å². The molecule has 0 saturated heterocycles. The lowest BCUT2D eigenvalue weighted by atomic mass is 10.5. The molecule has 3 heteroatoms. The molecule has 0 aromatic rings. The van der Waals surface area contributed by atoms with Gasteiger partial charge < -0.3 is 10.2 Å². The molecule has 0 aromatic carbocycles. The van der Waals surface area contributed by atoms with Crippen LogP contribution < -0.4 is 5.32 Å². The predicted octanol–water partition coefficient (Wildman–Crippen LogP) is 0.615. The summed E-state index contributed by atoms with van der Waals surface area (Å²) in [6.07, 6.45) is 2.06. The molecule has 50 valence electrons.